The Morgan fingerprint density at radius 3 is 2.78 bits per heavy atom. The number of methoxy groups -OCH3 is 1. The molecule has 1 amide bonds. The molecule has 0 unspecified atom stereocenters. The third-order valence-corrected chi connectivity index (χ3v) is 6.61. The van der Waals surface area contributed by atoms with E-state index in [1.54, 1.807) is 29.5 Å². The Kier molecular flexibility index (Phi) is 6.97. The Morgan fingerprint density at radius 2 is 2.17 bits per heavy atom. The Bertz CT molecular complexity index is 581. The second-order valence-electron chi connectivity index (χ2n) is 5.38. The molecule has 1 fully saturated rings. The summed E-state index contributed by atoms with van der Waals surface area (Å²) in [5.74, 6) is 0.0423. The minimum Gasteiger partial charge on any atom is -0.383 e. The van der Waals surface area contributed by atoms with Gasteiger partial charge in [-0.15, -0.1) is 11.3 Å². The van der Waals surface area contributed by atoms with Crippen LogP contribution in [0.15, 0.2) is 21.7 Å². The molecule has 23 heavy (non-hydrogen) atoms. The first-order chi connectivity index (χ1) is 11.0. The first kappa shape index (κ1) is 18.3. The van der Waals surface area contributed by atoms with Crippen LogP contribution in [0.2, 0.25) is 0 Å². The van der Waals surface area contributed by atoms with Gasteiger partial charge in [0.15, 0.2) is 0 Å². The number of sulfonamides is 1. The van der Waals surface area contributed by atoms with Gasteiger partial charge >= 0.3 is 0 Å². The fourth-order valence-corrected chi connectivity index (χ4v) is 4.74. The Hall–Kier alpha value is -1.00. The van der Waals surface area contributed by atoms with Gasteiger partial charge in [0.1, 0.15) is 4.21 Å². The molecule has 1 aliphatic heterocycles. The average Bonchev–Trinajstić information content (AvgIpc) is 3.07. The normalized spacial score (nSPS) is 16.7. The van der Waals surface area contributed by atoms with E-state index in [0.717, 1.165) is 0 Å². The Balaban J connectivity index is 1.74. The van der Waals surface area contributed by atoms with Crippen molar-refractivity contribution in [1.29, 1.82) is 0 Å². The molecule has 2 N–H and O–H groups in total. The molecular formula is C14H23N3O4S2. The van der Waals surface area contributed by atoms with E-state index in [0.29, 0.717) is 43.3 Å². The van der Waals surface area contributed by atoms with Gasteiger partial charge in [-0.1, -0.05) is 6.07 Å². The fraction of sp³-hybridized carbons (Fsp3) is 0.643. The fourth-order valence-electron chi connectivity index (χ4n) is 2.42. The van der Waals surface area contributed by atoms with Crippen molar-refractivity contribution < 1.29 is 17.9 Å². The number of carbonyl (C=O) groups is 1. The Labute approximate surface area is 141 Å². The van der Waals surface area contributed by atoms with Crippen LogP contribution in [0, 0.1) is 0 Å². The summed E-state index contributed by atoms with van der Waals surface area (Å²) >= 11 is 1.20. The van der Waals surface area contributed by atoms with Crippen molar-refractivity contribution in [3.63, 3.8) is 0 Å². The van der Waals surface area contributed by atoms with Crippen molar-refractivity contribution in [3.8, 4) is 0 Å². The van der Waals surface area contributed by atoms with Gasteiger partial charge in [0.25, 0.3) is 0 Å². The highest BCUT2D eigenvalue weighted by Gasteiger charge is 2.26. The van der Waals surface area contributed by atoms with Gasteiger partial charge in [0.05, 0.1) is 13.2 Å². The zero-order valence-electron chi connectivity index (χ0n) is 13.2. The molecule has 0 bridgehead atoms. The zero-order chi connectivity index (χ0) is 16.7. The summed E-state index contributed by atoms with van der Waals surface area (Å²) in [5.41, 5.74) is 0. The molecule has 0 radical (unpaired) electrons. The molecule has 1 aromatic rings. The number of ether oxygens (including phenoxy) is 1. The van der Waals surface area contributed by atoms with Crippen molar-refractivity contribution in [1.82, 2.24) is 14.9 Å². The summed E-state index contributed by atoms with van der Waals surface area (Å²) in [7, 11) is -1.82. The van der Waals surface area contributed by atoms with Crippen molar-refractivity contribution in [3.05, 3.63) is 17.5 Å². The molecule has 1 saturated heterocycles. The lowest BCUT2D eigenvalue weighted by Gasteiger charge is -2.32. The smallest absolute Gasteiger partial charge is 0.250 e. The quantitative estimate of drug-likeness (QED) is 0.648. The molecular weight excluding hydrogens is 338 g/mol. The molecule has 7 nitrogen and oxygen atoms in total. The molecule has 9 heteroatoms. The number of nitrogens with zero attached hydrogens (tertiary/aromatic N) is 1. The van der Waals surface area contributed by atoms with Crippen molar-refractivity contribution in [2.75, 3.05) is 39.9 Å². The number of thiophene rings is 1. The second-order valence-corrected chi connectivity index (χ2v) is 8.27. The lowest BCUT2D eigenvalue weighted by atomic mass is 10.1. The molecule has 0 aromatic carbocycles. The number of carbonyl (C=O) groups excluding carboxylic acids is 1. The second kappa shape index (κ2) is 8.74. The van der Waals surface area contributed by atoms with E-state index in [9.17, 15) is 13.2 Å². The molecule has 2 heterocycles. The highest BCUT2D eigenvalue weighted by molar-refractivity contribution is 7.91. The number of rotatable bonds is 8. The highest BCUT2D eigenvalue weighted by Crippen LogP contribution is 2.18. The lowest BCUT2D eigenvalue weighted by molar-refractivity contribution is -0.131. The molecule has 0 spiro atoms. The summed E-state index contributed by atoms with van der Waals surface area (Å²) < 4.78 is 32.3. The van der Waals surface area contributed by atoms with Gasteiger partial charge in [-0.2, -0.15) is 0 Å². The van der Waals surface area contributed by atoms with Crippen LogP contribution in [-0.2, 0) is 19.6 Å². The predicted molar refractivity (Wildman–Crippen MR) is 89.0 cm³/mol. The van der Waals surface area contributed by atoms with Crippen LogP contribution in [0.1, 0.15) is 12.8 Å². The minimum absolute atomic E-state index is 0.0423. The first-order valence-electron chi connectivity index (χ1n) is 7.56. The lowest BCUT2D eigenvalue weighted by Crippen LogP contribution is -2.48. The standard InChI is InChI=1S/C14H23N3O4S2/c1-21-9-6-15-11-13(18)17-7-4-12(5-8-17)16-23(19,20)14-3-2-10-22-14/h2-3,10,12,15-16H,4-9,11H2,1H3. The van der Waals surface area contributed by atoms with E-state index in [1.807, 2.05) is 0 Å². The Morgan fingerprint density at radius 1 is 1.43 bits per heavy atom. The summed E-state index contributed by atoms with van der Waals surface area (Å²) in [6.45, 7) is 2.64. The molecule has 2 rings (SSSR count). The van der Waals surface area contributed by atoms with Crippen LogP contribution in [0.3, 0.4) is 0 Å². The summed E-state index contributed by atoms with van der Waals surface area (Å²) in [4.78, 5) is 13.8. The maximum absolute atomic E-state index is 12.2. The van der Waals surface area contributed by atoms with Gasteiger partial charge in [0, 0.05) is 32.8 Å². The summed E-state index contributed by atoms with van der Waals surface area (Å²) in [6.07, 6.45) is 1.27. The van der Waals surface area contributed by atoms with E-state index in [-0.39, 0.29) is 18.5 Å². The SMILES string of the molecule is COCCNCC(=O)N1CCC(NS(=O)(=O)c2cccs2)CC1. The minimum atomic E-state index is -3.44. The summed E-state index contributed by atoms with van der Waals surface area (Å²) in [6, 6.07) is 3.20. The maximum Gasteiger partial charge on any atom is 0.250 e. The molecule has 130 valence electrons. The van der Waals surface area contributed by atoms with Gasteiger partial charge in [-0.05, 0) is 24.3 Å². The number of piperidine rings is 1. The highest BCUT2D eigenvalue weighted by atomic mass is 32.2. The molecule has 0 atom stereocenters. The van der Waals surface area contributed by atoms with Crippen LogP contribution in [0.4, 0.5) is 0 Å². The van der Waals surface area contributed by atoms with Crippen LogP contribution < -0.4 is 10.0 Å². The third kappa shape index (κ3) is 5.54. The number of likely N-dealkylation sites (tertiary alicyclic amines) is 1. The van der Waals surface area contributed by atoms with Gasteiger partial charge in [-0.25, -0.2) is 13.1 Å². The first-order valence-corrected chi connectivity index (χ1v) is 9.92. The average molecular weight is 361 g/mol. The predicted octanol–water partition coefficient (Wildman–Crippen LogP) is 0.253. The number of nitrogens with one attached hydrogen (secondary N) is 2. The van der Waals surface area contributed by atoms with E-state index in [2.05, 4.69) is 10.0 Å². The monoisotopic (exact) mass is 361 g/mol. The van der Waals surface area contributed by atoms with Crippen molar-refractivity contribution in [2.24, 2.45) is 0 Å². The number of amides is 1. The number of hydrogen-bond acceptors (Lipinski definition) is 6. The molecule has 1 aliphatic rings. The van der Waals surface area contributed by atoms with Gasteiger partial charge in [-0.3, -0.25) is 4.79 Å². The van der Waals surface area contributed by atoms with E-state index in [4.69, 9.17) is 4.74 Å². The van der Waals surface area contributed by atoms with Crippen LogP contribution >= 0.6 is 11.3 Å². The maximum atomic E-state index is 12.2. The molecule has 0 aliphatic carbocycles. The van der Waals surface area contributed by atoms with Gasteiger partial charge in [0.2, 0.25) is 15.9 Å². The number of hydrogen-bond donors (Lipinski definition) is 2. The van der Waals surface area contributed by atoms with Crippen LogP contribution in [0.5, 0.6) is 0 Å². The van der Waals surface area contributed by atoms with E-state index >= 15 is 0 Å². The molecule has 1 aromatic heterocycles. The van der Waals surface area contributed by atoms with Crippen molar-refractivity contribution in [2.45, 2.75) is 23.1 Å². The molecule has 0 saturated carbocycles. The van der Waals surface area contributed by atoms with Crippen molar-refractivity contribution >= 4 is 27.3 Å². The zero-order valence-corrected chi connectivity index (χ0v) is 14.8. The largest absolute Gasteiger partial charge is 0.383 e. The van der Waals surface area contributed by atoms with E-state index < -0.39 is 10.0 Å². The van der Waals surface area contributed by atoms with Crippen LogP contribution in [0.25, 0.3) is 0 Å². The summed E-state index contributed by atoms with van der Waals surface area (Å²) in [5, 5.41) is 4.77. The topological polar surface area (TPSA) is 87.7 Å². The van der Waals surface area contributed by atoms with E-state index in [1.165, 1.54) is 11.3 Å². The van der Waals surface area contributed by atoms with Gasteiger partial charge < -0.3 is 15.0 Å². The van der Waals surface area contributed by atoms with Crippen LogP contribution in [-0.4, -0.2) is 65.2 Å². The third-order valence-electron chi connectivity index (χ3n) is 3.69.